The van der Waals surface area contributed by atoms with Crippen LogP contribution in [-0.4, -0.2) is 22.6 Å². The molecule has 2 aromatic carbocycles. The fourth-order valence-electron chi connectivity index (χ4n) is 3.49. The van der Waals surface area contributed by atoms with Crippen LogP contribution in [0.1, 0.15) is 28.6 Å². The monoisotopic (exact) mass is 390 g/mol. The number of methoxy groups -OCH3 is 1. The van der Waals surface area contributed by atoms with Crippen LogP contribution >= 0.6 is 0 Å². The van der Waals surface area contributed by atoms with Gasteiger partial charge in [-0.3, -0.25) is 9.79 Å². The summed E-state index contributed by atoms with van der Waals surface area (Å²) in [7, 11) is 1.62. The van der Waals surface area contributed by atoms with Crippen molar-refractivity contribution < 1.29 is 9.73 Å². The van der Waals surface area contributed by atoms with Crippen molar-refractivity contribution in [1.82, 2.24) is 9.55 Å². The predicted octanol–water partition coefficient (Wildman–Crippen LogP) is 1.70. The molecule has 2 heterocycles. The Morgan fingerprint density at radius 3 is 2.72 bits per heavy atom. The molecule has 0 spiro atoms. The quantitative estimate of drug-likeness (QED) is 0.634. The minimum absolute atomic E-state index is 0.133. The molecule has 3 N–H and O–H groups in total. The van der Waals surface area contributed by atoms with Gasteiger partial charge in [-0.25, -0.2) is 20.2 Å². The van der Waals surface area contributed by atoms with Crippen molar-refractivity contribution >= 4 is 17.6 Å². The fraction of sp³-hybridized carbons (Fsp3) is 0.227. The largest absolute Gasteiger partial charge is 0.497 e. The Hall–Kier alpha value is -3.61. The molecule has 29 heavy (non-hydrogen) atoms. The molecule has 0 unspecified atom stereocenters. The van der Waals surface area contributed by atoms with Gasteiger partial charge in [0.1, 0.15) is 11.4 Å². The zero-order chi connectivity index (χ0) is 20.5. The number of ether oxygens (including phenoxy) is 1. The standard InChI is InChI=1S/C22H23N5O2/c1-13-8-9-18(14(2)10-13)24-21-25-20(16-6-5-7-17(12-16)29-4)27-19(28)11-15(3)23-22(27)26-21/h5-12,20H,1-4H3,(H2,23,24,25,26)/p+1/t20-/m1/s1. The van der Waals surface area contributed by atoms with E-state index in [1.54, 1.807) is 11.7 Å². The van der Waals surface area contributed by atoms with Crippen LogP contribution in [0.3, 0.4) is 0 Å². The van der Waals surface area contributed by atoms with Gasteiger partial charge in [-0.1, -0.05) is 29.8 Å². The highest BCUT2D eigenvalue weighted by Gasteiger charge is 2.29. The van der Waals surface area contributed by atoms with E-state index in [0.29, 0.717) is 17.6 Å². The number of anilines is 2. The first-order chi connectivity index (χ1) is 13.9. The SMILES string of the molecule is COc1cccc([C@@H]2[NH+]=C(Nc3ccc(C)cc3C)Nc3nc(C)cc(=O)n32)c1. The molecule has 7 heteroatoms. The van der Waals surface area contributed by atoms with Crippen LogP contribution < -0.4 is 25.9 Å². The van der Waals surface area contributed by atoms with E-state index in [1.165, 1.54) is 11.6 Å². The Morgan fingerprint density at radius 1 is 1.14 bits per heavy atom. The van der Waals surface area contributed by atoms with Gasteiger partial charge in [0.15, 0.2) is 6.17 Å². The first-order valence-corrected chi connectivity index (χ1v) is 9.43. The minimum Gasteiger partial charge on any atom is -0.497 e. The number of nitrogens with one attached hydrogen (secondary N) is 3. The van der Waals surface area contributed by atoms with Crippen LogP contribution in [0.5, 0.6) is 5.75 Å². The van der Waals surface area contributed by atoms with E-state index in [0.717, 1.165) is 22.6 Å². The van der Waals surface area contributed by atoms with Gasteiger partial charge in [0.2, 0.25) is 0 Å². The summed E-state index contributed by atoms with van der Waals surface area (Å²) in [6.07, 6.45) is -0.435. The zero-order valence-corrected chi connectivity index (χ0v) is 16.9. The highest BCUT2D eigenvalue weighted by Crippen LogP contribution is 2.21. The van der Waals surface area contributed by atoms with Crippen molar-refractivity contribution in [3.63, 3.8) is 0 Å². The maximum absolute atomic E-state index is 12.8. The van der Waals surface area contributed by atoms with Gasteiger partial charge in [-0.2, -0.15) is 0 Å². The van der Waals surface area contributed by atoms with E-state index in [1.807, 2.05) is 37.3 Å². The van der Waals surface area contributed by atoms with Gasteiger partial charge in [-0.15, -0.1) is 0 Å². The normalized spacial score (nSPS) is 15.2. The van der Waals surface area contributed by atoms with Crippen molar-refractivity contribution in [3.05, 3.63) is 81.3 Å². The third kappa shape index (κ3) is 3.71. The number of guanidine groups is 1. The summed E-state index contributed by atoms with van der Waals surface area (Å²) < 4.78 is 6.97. The average Bonchev–Trinajstić information content (AvgIpc) is 2.69. The lowest BCUT2D eigenvalue weighted by atomic mass is 10.1. The number of rotatable bonds is 3. The van der Waals surface area contributed by atoms with Gasteiger partial charge < -0.3 is 4.74 Å². The number of fused-ring (bicyclic) bond motifs is 1. The van der Waals surface area contributed by atoms with Crippen molar-refractivity contribution in [2.75, 3.05) is 17.7 Å². The van der Waals surface area contributed by atoms with Gasteiger partial charge in [0.25, 0.3) is 11.5 Å². The molecule has 0 amide bonds. The van der Waals surface area contributed by atoms with Crippen LogP contribution in [-0.2, 0) is 0 Å². The molecule has 1 atom stereocenters. The molecule has 0 bridgehead atoms. The maximum atomic E-state index is 12.8. The molecule has 0 saturated carbocycles. The third-order valence-corrected chi connectivity index (χ3v) is 4.91. The van der Waals surface area contributed by atoms with E-state index in [9.17, 15) is 4.79 Å². The predicted molar refractivity (Wildman–Crippen MR) is 113 cm³/mol. The molecule has 3 aromatic rings. The topological polar surface area (TPSA) is 82.2 Å². The number of benzene rings is 2. The van der Waals surface area contributed by atoms with E-state index < -0.39 is 6.17 Å². The molecule has 148 valence electrons. The molecule has 0 fully saturated rings. The second kappa shape index (κ2) is 7.43. The lowest BCUT2D eigenvalue weighted by Gasteiger charge is -2.23. The summed E-state index contributed by atoms with van der Waals surface area (Å²) >= 11 is 0. The first kappa shape index (κ1) is 18.7. The average molecular weight is 390 g/mol. The summed E-state index contributed by atoms with van der Waals surface area (Å²) in [4.78, 5) is 20.7. The third-order valence-electron chi connectivity index (χ3n) is 4.91. The molecule has 0 aliphatic carbocycles. The molecule has 1 aromatic heterocycles. The Morgan fingerprint density at radius 2 is 1.97 bits per heavy atom. The number of nitrogens with zero attached hydrogens (tertiary/aromatic N) is 2. The molecule has 7 nitrogen and oxygen atoms in total. The molecule has 1 aliphatic heterocycles. The molecular weight excluding hydrogens is 366 g/mol. The van der Waals surface area contributed by atoms with E-state index in [-0.39, 0.29) is 5.56 Å². The van der Waals surface area contributed by atoms with Crippen LogP contribution in [0.4, 0.5) is 11.6 Å². The highest BCUT2D eigenvalue weighted by atomic mass is 16.5. The first-order valence-electron chi connectivity index (χ1n) is 9.43. The smallest absolute Gasteiger partial charge is 0.357 e. The van der Waals surface area contributed by atoms with E-state index in [4.69, 9.17) is 4.74 Å². The summed E-state index contributed by atoms with van der Waals surface area (Å²) in [6.45, 7) is 5.93. The van der Waals surface area contributed by atoms with Crippen molar-refractivity contribution in [1.29, 1.82) is 0 Å². The number of hydrogen-bond acceptors (Lipinski definition) is 5. The lowest BCUT2D eigenvalue weighted by Crippen LogP contribution is -2.82. The Labute approximate surface area is 169 Å². The number of hydrogen-bond donors (Lipinski definition) is 3. The van der Waals surface area contributed by atoms with Crippen molar-refractivity contribution in [3.8, 4) is 5.75 Å². The van der Waals surface area contributed by atoms with Crippen LogP contribution in [0.15, 0.2) is 53.3 Å². The maximum Gasteiger partial charge on any atom is 0.357 e. The van der Waals surface area contributed by atoms with Gasteiger partial charge >= 0.3 is 5.96 Å². The van der Waals surface area contributed by atoms with Crippen LogP contribution in [0.25, 0.3) is 0 Å². The van der Waals surface area contributed by atoms with E-state index in [2.05, 4.69) is 46.6 Å². The Balaban J connectivity index is 1.81. The molecular formula is C22H24N5O2+. The summed E-state index contributed by atoms with van der Waals surface area (Å²) in [5, 5.41) is 6.60. The zero-order valence-electron chi connectivity index (χ0n) is 16.9. The van der Waals surface area contributed by atoms with Crippen molar-refractivity contribution in [2.45, 2.75) is 26.9 Å². The fourth-order valence-corrected chi connectivity index (χ4v) is 3.49. The second-order valence-corrected chi connectivity index (χ2v) is 7.20. The summed E-state index contributed by atoms with van der Waals surface area (Å²) in [6, 6.07) is 15.4. The minimum atomic E-state index is -0.435. The molecule has 0 saturated heterocycles. The highest BCUT2D eigenvalue weighted by molar-refractivity contribution is 5.99. The second-order valence-electron chi connectivity index (χ2n) is 7.20. The molecule has 0 radical (unpaired) electrons. The van der Waals surface area contributed by atoms with Gasteiger partial charge in [0, 0.05) is 17.3 Å². The Kier molecular flexibility index (Phi) is 4.80. The van der Waals surface area contributed by atoms with Crippen LogP contribution in [0.2, 0.25) is 0 Å². The van der Waals surface area contributed by atoms with Crippen LogP contribution in [0, 0.1) is 20.8 Å². The van der Waals surface area contributed by atoms with Gasteiger partial charge in [0.05, 0.1) is 7.11 Å². The summed E-state index contributed by atoms with van der Waals surface area (Å²) in [5.74, 6) is 1.86. The van der Waals surface area contributed by atoms with Crippen molar-refractivity contribution in [2.24, 2.45) is 0 Å². The van der Waals surface area contributed by atoms with Gasteiger partial charge in [-0.05, 0) is 44.5 Å². The van der Waals surface area contributed by atoms with E-state index >= 15 is 0 Å². The lowest BCUT2D eigenvalue weighted by molar-refractivity contribution is -0.520. The Bertz CT molecular complexity index is 1170. The molecule has 1 aliphatic rings. The summed E-state index contributed by atoms with van der Waals surface area (Å²) in [5.41, 5.74) is 4.71. The molecule has 4 rings (SSSR count). The number of aromatic nitrogens is 2. The number of aryl methyl sites for hydroxylation is 3.